The molecule has 8 heteroatoms. The number of rotatable bonds is 6. The number of piperazine rings is 1. The van der Waals surface area contributed by atoms with Crippen molar-refractivity contribution < 1.29 is 13.5 Å². The zero-order valence-electron chi connectivity index (χ0n) is 23.0. The van der Waals surface area contributed by atoms with Gasteiger partial charge in [0.25, 0.3) is 5.56 Å². The molecular weight excluding hydrogens is 498 g/mol. The molecule has 0 bridgehead atoms. The minimum Gasteiger partial charge on any atom is -0.481 e. The summed E-state index contributed by atoms with van der Waals surface area (Å²) in [5.74, 6) is -0.0688. The summed E-state index contributed by atoms with van der Waals surface area (Å²) in [5, 5.41) is 0. The lowest BCUT2D eigenvalue weighted by atomic mass is 9.89. The maximum absolute atomic E-state index is 14.2. The fourth-order valence-corrected chi connectivity index (χ4v) is 5.82. The van der Waals surface area contributed by atoms with Crippen LogP contribution < -0.4 is 15.2 Å². The van der Waals surface area contributed by atoms with Gasteiger partial charge in [-0.25, -0.2) is 13.8 Å². The van der Waals surface area contributed by atoms with Gasteiger partial charge in [-0.1, -0.05) is 25.1 Å². The van der Waals surface area contributed by atoms with E-state index in [0.717, 1.165) is 27.9 Å². The van der Waals surface area contributed by atoms with E-state index in [-0.39, 0.29) is 35.3 Å². The third kappa shape index (κ3) is 5.01. The first-order chi connectivity index (χ1) is 18.7. The lowest BCUT2D eigenvalue weighted by Crippen LogP contribution is -2.57. The molecule has 3 heterocycles. The van der Waals surface area contributed by atoms with Crippen molar-refractivity contribution in [2.75, 3.05) is 25.1 Å². The second kappa shape index (κ2) is 10.8. The van der Waals surface area contributed by atoms with Crippen LogP contribution >= 0.6 is 0 Å². The molecule has 0 aliphatic carbocycles. The van der Waals surface area contributed by atoms with Gasteiger partial charge < -0.3 is 14.2 Å². The minimum absolute atomic E-state index is 0.0259. The molecule has 6 nitrogen and oxygen atoms in total. The van der Waals surface area contributed by atoms with Gasteiger partial charge in [0.15, 0.2) is 0 Å². The van der Waals surface area contributed by atoms with E-state index >= 15 is 0 Å². The molecule has 5 rings (SSSR count). The molecule has 2 aromatic carbocycles. The Bertz CT molecular complexity index is 1550. The van der Waals surface area contributed by atoms with Crippen molar-refractivity contribution in [1.29, 1.82) is 0 Å². The SMILES string of the molecule is CCc1cc(F)ccc1C(c1ccc(F)cc1)N1C[C@H](C)N(c2cc(=O)n(C)c3ccc(OC)nc23)C[C@H]1C. The van der Waals surface area contributed by atoms with Gasteiger partial charge in [-0.05, 0) is 67.3 Å². The Balaban J connectivity index is 1.57. The topological polar surface area (TPSA) is 50.6 Å². The zero-order chi connectivity index (χ0) is 27.8. The van der Waals surface area contributed by atoms with E-state index in [1.807, 2.05) is 31.2 Å². The van der Waals surface area contributed by atoms with E-state index in [4.69, 9.17) is 9.72 Å². The number of methoxy groups -OCH3 is 1. The van der Waals surface area contributed by atoms with Crippen molar-refractivity contribution in [2.45, 2.75) is 45.3 Å². The highest BCUT2D eigenvalue weighted by atomic mass is 19.1. The number of ether oxygens (including phenoxy) is 1. The molecule has 1 saturated heterocycles. The van der Waals surface area contributed by atoms with Gasteiger partial charge in [-0.2, -0.15) is 0 Å². The van der Waals surface area contributed by atoms with Crippen LogP contribution in [0.5, 0.6) is 5.88 Å². The van der Waals surface area contributed by atoms with Crippen LogP contribution in [-0.4, -0.2) is 46.7 Å². The molecule has 3 atom stereocenters. The van der Waals surface area contributed by atoms with Gasteiger partial charge in [-0.15, -0.1) is 0 Å². The molecule has 2 aromatic heterocycles. The number of benzene rings is 2. The van der Waals surface area contributed by atoms with E-state index in [9.17, 15) is 13.6 Å². The third-order valence-corrected chi connectivity index (χ3v) is 7.89. The molecule has 1 fully saturated rings. The van der Waals surface area contributed by atoms with Crippen LogP contribution in [0.4, 0.5) is 14.5 Å². The molecule has 0 spiro atoms. The number of nitrogens with zero attached hydrogens (tertiary/aromatic N) is 4. The molecule has 1 unspecified atom stereocenters. The van der Waals surface area contributed by atoms with E-state index in [1.165, 1.54) is 18.2 Å². The van der Waals surface area contributed by atoms with Gasteiger partial charge in [-0.3, -0.25) is 9.69 Å². The standard InChI is InChI=1S/C31H34F2N4O2/c1-6-21-15-24(33)11-12-25(21)31(22-7-9-23(32)10-8-22)37-18-19(2)36(17-20(37)3)27-16-29(38)35(4)26-13-14-28(39-5)34-30(26)27/h7-16,19-20,31H,6,17-18H2,1-5H3/t19-,20+,31?/m0/s1. The predicted molar refractivity (Wildman–Crippen MR) is 151 cm³/mol. The maximum atomic E-state index is 14.2. The molecule has 0 amide bonds. The summed E-state index contributed by atoms with van der Waals surface area (Å²) in [6.45, 7) is 7.62. The fourth-order valence-electron chi connectivity index (χ4n) is 5.82. The molecule has 4 aromatic rings. The highest BCUT2D eigenvalue weighted by molar-refractivity contribution is 5.89. The Kier molecular flexibility index (Phi) is 7.40. The second-order valence-corrected chi connectivity index (χ2v) is 10.3. The molecule has 0 N–H and O–H groups in total. The number of fused-ring (bicyclic) bond motifs is 1. The van der Waals surface area contributed by atoms with Crippen molar-refractivity contribution in [3.63, 3.8) is 0 Å². The zero-order valence-corrected chi connectivity index (χ0v) is 23.0. The number of halogens is 2. The van der Waals surface area contributed by atoms with Gasteiger partial charge in [0.05, 0.1) is 24.4 Å². The van der Waals surface area contributed by atoms with Crippen molar-refractivity contribution in [1.82, 2.24) is 14.5 Å². The number of anilines is 1. The summed E-state index contributed by atoms with van der Waals surface area (Å²) in [6.07, 6.45) is 0.682. The predicted octanol–water partition coefficient (Wildman–Crippen LogP) is 5.47. The Morgan fingerprint density at radius 1 is 0.974 bits per heavy atom. The number of hydrogen-bond acceptors (Lipinski definition) is 5. The van der Waals surface area contributed by atoms with Crippen molar-refractivity contribution >= 4 is 16.7 Å². The summed E-state index contributed by atoms with van der Waals surface area (Å²) >= 11 is 0. The second-order valence-electron chi connectivity index (χ2n) is 10.3. The Morgan fingerprint density at radius 2 is 1.69 bits per heavy atom. The first kappa shape index (κ1) is 26.8. The summed E-state index contributed by atoms with van der Waals surface area (Å²) < 4.78 is 35.1. The summed E-state index contributed by atoms with van der Waals surface area (Å²) in [7, 11) is 3.32. The Labute approximate surface area is 227 Å². The lowest BCUT2D eigenvalue weighted by molar-refractivity contribution is 0.129. The van der Waals surface area contributed by atoms with Crippen LogP contribution in [0.25, 0.3) is 11.0 Å². The van der Waals surface area contributed by atoms with E-state index in [1.54, 1.807) is 36.9 Å². The number of aromatic nitrogens is 2. The van der Waals surface area contributed by atoms with Crippen LogP contribution in [0.15, 0.2) is 65.5 Å². The lowest BCUT2D eigenvalue weighted by Gasteiger charge is -2.49. The maximum Gasteiger partial charge on any atom is 0.252 e. The Morgan fingerprint density at radius 3 is 2.38 bits per heavy atom. The normalized spacial score (nSPS) is 18.9. The Hall–Kier alpha value is -3.78. The van der Waals surface area contributed by atoms with Crippen LogP contribution in [0.3, 0.4) is 0 Å². The van der Waals surface area contributed by atoms with E-state index in [0.29, 0.717) is 30.9 Å². The number of pyridine rings is 2. The van der Waals surface area contributed by atoms with Crippen molar-refractivity contribution in [3.8, 4) is 5.88 Å². The summed E-state index contributed by atoms with van der Waals surface area (Å²) in [4.78, 5) is 22.3. The average Bonchev–Trinajstić information content (AvgIpc) is 2.94. The van der Waals surface area contributed by atoms with E-state index < -0.39 is 0 Å². The van der Waals surface area contributed by atoms with Crippen LogP contribution in [0, 0.1) is 11.6 Å². The number of aryl methyl sites for hydroxylation is 2. The minimum atomic E-state index is -0.293. The smallest absolute Gasteiger partial charge is 0.252 e. The van der Waals surface area contributed by atoms with Crippen LogP contribution in [0.1, 0.15) is 43.5 Å². The highest BCUT2D eigenvalue weighted by Gasteiger charge is 2.36. The molecule has 0 saturated carbocycles. The van der Waals surface area contributed by atoms with Crippen molar-refractivity contribution in [3.05, 3.63) is 99.3 Å². The monoisotopic (exact) mass is 532 g/mol. The molecule has 1 aliphatic rings. The van der Waals surface area contributed by atoms with Gasteiger partial charge >= 0.3 is 0 Å². The number of hydrogen-bond donors (Lipinski definition) is 0. The summed E-state index contributed by atoms with van der Waals surface area (Å²) in [6, 6.07) is 16.7. The first-order valence-corrected chi connectivity index (χ1v) is 13.3. The van der Waals surface area contributed by atoms with Crippen LogP contribution in [-0.2, 0) is 13.5 Å². The molecule has 39 heavy (non-hydrogen) atoms. The quantitative estimate of drug-likeness (QED) is 0.330. The van der Waals surface area contributed by atoms with Gasteiger partial charge in [0.2, 0.25) is 5.88 Å². The third-order valence-electron chi connectivity index (χ3n) is 7.89. The molecule has 204 valence electrons. The fraction of sp³-hybridized carbons (Fsp3) is 0.355. The first-order valence-electron chi connectivity index (χ1n) is 13.3. The average molecular weight is 533 g/mol. The molecule has 0 radical (unpaired) electrons. The van der Waals surface area contributed by atoms with Crippen molar-refractivity contribution in [2.24, 2.45) is 7.05 Å². The van der Waals surface area contributed by atoms with Gasteiger partial charge in [0, 0.05) is 44.4 Å². The molecular formula is C31H34F2N4O2. The van der Waals surface area contributed by atoms with Crippen LogP contribution in [0.2, 0.25) is 0 Å². The highest BCUT2D eigenvalue weighted by Crippen LogP contribution is 2.37. The molecule has 1 aliphatic heterocycles. The summed E-state index contributed by atoms with van der Waals surface area (Å²) in [5.41, 5.74) is 5.03. The van der Waals surface area contributed by atoms with Gasteiger partial charge in [0.1, 0.15) is 17.2 Å². The van der Waals surface area contributed by atoms with E-state index in [2.05, 4.69) is 23.6 Å². The largest absolute Gasteiger partial charge is 0.481 e.